The van der Waals surface area contributed by atoms with Crippen LogP contribution in [0.4, 0.5) is 5.00 Å². The summed E-state index contributed by atoms with van der Waals surface area (Å²) in [5, 5.41) is 6.71. The van der Waals surface area contributed by atoms with Gasteiger partial charge in [0.05, 0.1) is 11.5 Å². The predicted octanol–water partition coefficient (Wildman–Crippen LogP) is 2.08. The second-order valence-corrected chi connectivity index (χ2v) is 7.19. The number of nitrogens with zero attached hydrogens (tertiary/aromatic N) is 4. The van der Waals surface area contributed by atoms with Gasteiger partial charge in [-0.1, -0.05) is 0 Å². The van der Waals surface area contributed by atoms with Crippen molar-refractivity contribution in [2.24, 2.45) is 4.99 Å². The molecule has 0 bridgehead atoms. The Morgan fingerprint density at radius 2 is 1.84 bits per heavy atom. The summed E-state index contributed by atoms with van der Waals surface area (Å²) in [6, 6.07) is 4.27. The average Bonchev–Trinajstić information content (AvgIpc) is 3.18. The zero-order chi connectivity index (χ0) is 16.8. The number of amides is 1. The van der Waals surface area contributed by atoms with Gasteiger partial charge in [0.2, 0.25) is 5.91 Å². The van der Waals surface area contributed by atoms with E-state index in [0.29, 0.717) is 6.54 Å². The van der Waals surface area contributed by atoms with Gasteiger partial charge in [0.25, 0.3) is 0 Å². The van der Waals surface area contributed by atoms with E-state index < -0.39 is 0 Å². The molecule has 1 N–H and O–H groups in total. The molecule has 0 spiro atoms. The maximum absolute atomic E-state index is 12.3. The number of piperazine rings is 1. The molecule has 0 atom stereocenters. The van der Waals surface area contributed by atoms with Gasteiger partial charge in [0, 0.05) is 46.3 Å². The SMILES string of the molecule is CN=C(NCC(=O)N1CCCCC1)N1CCN(c2cccs2)CC1.I. The minimum absolute atomic E-state index is 0. The number of guanidine groups is 1. The summed E-state index contributed by atoms with van der Waals surface area (Å²) in [7, 11) is 1.79. The molecule has 0 aromatic carbocycles. The molecule has 1 aromatic rings. The molecule has 3 heterocycles. The normalized spacial score (nSPS) is 18.8. The molecule has 140 valence electrons. The first-order valence-electron chi connectivity index (χ1n) is 8.80. The second kappa shape index (κ2) is 10.2. The van der Waals surface area contributed by atoms with E-state index in [4.69, 9.17) is 0 Å². The topological polar surface area (TPSA) is 51.2 Å². The van der Waals surface area contributed by atoms with Crippen LogP contribution in [-0.2, 0) is 4.79 Å². The Kier molecular flexibility index (Phi) is 8.28. The average molecular weight is 477 g/mol. The molecule has 0 unspecified atom stereocenters. The van der Waals surface area contributed by atoms with Crippen molar-refractivity contribution in [3.63, 3.8) is 0 Å². The third kappa shape index (κ3) is 5.47. The standard InChI is InChI=1S/C17H27N5OS.HI/c1-18-17(19-14-15(23)20-7-3-2-4-8-20)22-11-9-21(10-12-22)16-6-5-13-24-16;/h5-6,13H,2-4,7-12,14H2,1H3,(H,18,19);1H. The lowest BCUT2D eigenvalue weighted by Crippen LogP contribution is -2.54. The molecule has 3 rings (SSSR count). The molecular formula is C17H28IN5OS. The van der Waals surface area contributed by atoms with Gasteiger partial charge in [-0.3, -0.25) is 9.79 Å². The third-order valence-corrected chi connectivity index (χ3v) is 5.64. The van der Waals surface area contributed by atoms with Gasteiger partial charge >= 0.3 is 0 Å². The zero-order valence-corrected chi connectivity index (χ0v) is 18.0. The fraction of sp³-hybridized carbons (Fsp3) is 0.647. The molecule has 6 nitrogen and oxygen atoms in total. The van der Waals surface area contributed by atoms with Crippen LogP contribution in [0.3, 0.4) is 0 Å². The number of hydrogen-bond donors (Lipinski definition) is 1. The van der Waals surface area contributed by atoms with Gasteiger partial charge < -0.3 is 20.0 Å². The Balaban J connectivity index is 0.00000225. The lowest BCUT2D eigenvalue weighted by Gasteiger charge is -2.37. The van der Waals surface area contributed by atoms with E-state index >= 15 is 0 Å². The number of likely N-dealkylation sites (tertiary alicyclic amines) is 1. The van der Waals surface area contributed by atoms with Crippen molar-refractivity contribution in [2.75, 3.05) is 57.8 Å². The lowest BCUT2D eigenvalue weighted by molar-refractivity contribution is -0.130. The number of hydrogen-bond acceptors (Lipinski definition) is 4. The molecule has 1 aromatic heterocycles. The predicted molar refractivity (Wildman–Crippen MR) is 115 cm³/mol. The van der Waals surface area contributed by atoms with Crippen molar-refractivity contribution in [3.05, 3.63) is 17.5 Å². The van der Waals surface area contributed by atoms with E-state index in [0.717, 1.165) is 58.1 Å². The molecule has 8 heteroatoms. The van der Waals surface area contributed by atoms with Gasteiger partial charge in [-0.2, -0.15) is 0 Å². The third-order valence-electron chi connectivity index (χ3n) is 4.72. The number of piperidine rings is 1. The first-order chi connectivity index (χ1) is 11.8. The van der Waals surface area contributed by atoms with Gasteiger partial charge in [-0.25, -0.2) is 0 Å². The molecule has 1 amide bonds. The smallest absolute Gasteiger partial charge is 0.241 e. The van der Waals surface area contributed by atoms with Crippen molar-refractivity contribution < 1.29 is 4.79 Å². The van der Waals surface area contributed by atoms with E-state index in [1.165, 1.54) is 11.4 Å². The molecule has 0 saturated carbocycles. The van der Waals surface area contributed by atoms with Crippen LogP contribution in [0.1, 0.15) is 19.3 Å². The van der Waals surface area contributed by atoms with Crippen LogP contribution in [0.15, 0.2) is 22.5 Å². The van der Waals surface area contributed by atoms with Crippen molar-refractivity contribution in [1.82, 2.24) is 15.1 Å². The first kappa shape index (κ1) is 20.3. The largest absolute Gasteiger partial charge is 0.360 e. The second-order valence-electron chi connectivity index (χ2n) is 6.27. The fourth-order valence-electron chi connectivity index (χ4n) is 3.33. The van der Waals surface area contributed by atoms with E-state index in [2.05, 4.69) is 37.6 Å². The summed E-state index contributed by atoms with van der Waals surface area (Å²) in [4.78, 5) is 23.3. The van der Waals surface area contributed by atoms with E-state index in [1.807, 2.05) is 4.90 Å². The van der Waals surface area contributed by atoms with Crippen LogP contribution in [-0.4, -0.2) is 74.5 Å². The summed E-state index contributed by atoms with van der Waals surface area (Å²) in [6.45, 7) is 5.97. The van der Waals surface area contributed by atoms with Crippen LogP contribution in [0.5, 0.6) is 0 Å². The maximum atomic E-state index is 12.3. The molecular weight excluding hydrogens is 449 g/mol. The van der Waals surface area contributed by atoms with E-state index in [-0.39, 0.29) is 29.9 Å². The first-order valence-corrected chi connectivity index (χ1v) is 9.68. The highest BCUT2D eigenvalue weighted by atomic mass is 127. The number of halogens is 1. The number of aliphatic imine (C=N–C) groups is 1. The van der Waals surface area contributed by atoms with E-state index in [9.17, 15) is 4.79 Å². The minimum Gasteiger partial charge on any atom is -0.360 e. The molecule has 2 fully saturated rings. The Hall–Kier alpha value is -1.03. The zero-order valence-electron chi connectivity index (χ0n) is 14.8. The number of anilines is 1. The highest BCUT2D eigenvalue weighted by Gasteiger charge is 2.22. The van der Waals surface area contributed by atoms with Crippen LogP contribution >= 0.6 is 35.3 Å². The number of carbonyl (C=O) groups is 1. The Morgan fingerprint density at radius 3 is 2.44 bits per heavy atom. The van der Waals surface area contributed by atoms with Gasteiger partial charge in [-0.15, -0.1) is 35.3 Å². The highest BCUT2D eigenvalue weighted by Crippen LogP contribution is 2.22. The molecule has 2 saturated heterocycles. The van der Waals surface area contributed by atoms with Gasteiger partial charge in [-0.05, 0) is 36.8 Å². The van der Waals surface area contributed by atoms with Crippen LogP contribution in [0, 0.1) is 0 Å². The summed E-state index contributed by atoms with van der Waals surface area (Å²) in [6.07, 6.45) is 3.50. The van der Waals surface area contributed by atoms with Crippen molar-refractivity contribution >= 4 is 52.2 Å². The Bertz CT molecular complexity index is 551. The summed E-state index contributed by atoms with van der Waals surface area (Å²) >= 11 is 1.79. The Morgan fingerprint density at radius 1 is 1.12 bits per heavy atom. The van der Waals surface area contributed by atoms with Crippen molar-refractivity contribution in [2.45, 2.75) is 19.3 Å². The van der Waals surface area contributed by atoms with Crippen LogP contribution < -0.4 is 10.2 Å². The molecule has 0 aliphatic carbocycles. The van der Waals surface area contributed by atoms with E-state index in [1.54, 1.807) is 18.4 Å². The summed E-state index contributed by atoms with van der Waals surface area (Å²) < 4.78 is 0. The van der Waals surface area contributed by atoms with Crippen molar-refractivity contribution in [1.29, 1.82) is 0 Å². The van der Waals surface area contributed by atoms with Gasteiger partial charge in [0.15, 0.2) is 5.96 Å². The monoisotopic (exact) mass is 477 g/mol. The van der Waals surface area contributed by atoms with Crippen LogP contribution in [0.25, 0.3) is 0 Å². The molecule has 25 heavy (non-hydrogen) atoms. The number of nitrogens with one attached hydrogen (secondary N) is 1. The highest BCUT2D eigenvalue weighted by molar-refractivity contribution is 14.0. The van der Waals surface area contributed by atoms with Crippen molar-refractivity contribution in [3.8, 4) is 0 Å². The molecule has 2 aliphatic rings. The Labute approximate surface area is 171 Å². The van der Waals surface area contributed by atoms with Crippen LogP contribution in [0.2, 0.25) is 0 Å². The lowest BCUT2D eigenvalue weighted by atomic mass is 10.1. The minimum atomic E-state index is 0. The summed E-state index contributed by atoms with van der Waals surface area (Å²) in [5.74, 6) is 1.03. The number of thiophene rings is 1. The number of carbonyl (C=O) groups excluding carboxylic acids is 1. The fourth-order valence-corrected chi connectivity index (χ4v) is 4.12. The quantitative estimate of drug-likeness (QED) is 0.412. The number of rotatable bonds is 3. The molecule has 0 radical (unpaired) electrons. The van der Waals surface area contributed by atoms with Gasteiger partial charge in [0.1, 0.15) is 0 Å². The maximum Gasteiger partial charge on any atom is 0.241 e. The summed E-state index contributed by atoms with van der Waals surface area (Å²) in [5.41, 5.74) is 0. The molecule has 2 aliphatic heterocycles.